The van der Waals surface area contributed by atoms with Crippen LogP contribution in [0.2, 0.25) is 0 Å². The molecule has 1 amide bonds. The molecule has 356 valence electrons. The van der Waals surface area contributed by atoms with E-state index in [1.54, 1.807) is 6.08 Å². The lowest BCUT2D eigenvalue weighted by atomic mass is 9.96. The summed E-state index contributed by atoms with van der Waals surface area (Å²) < 4.78 is 33.8. The summed E-state index contributed by atoms with van der Waals surface area (Å²) in [7, 11) is 0. The number of hydrogen-bond acceptors (Lipinski definition) is 18. The first kappa shape index (κ1) is 53.6. The van der Waals surface area contributed by atoms with Gasteiger partial charge in [-0.15, -0.1) is 0 Å². The van der Waals surface area contributed by atoms with Crippen LogP contribution in [0.5, 0.6) is 0 Å². The van der Waals surface area contributed by atoms with E-state index in [-0.39, 0.29) is 18.9 Å². The summed E-state index contributed by atoms with van der Waals surface area (Å²) in [6.07, 6.45) is -5.80. The molecule has 0 bridgehead atoms. The van der Waals surface area contributed by atoms with Crippen LogP contribution >= 0.6 is 0 Å². The summed E-state index contributed by atoms with van der Waals surface area (Å²) in [5.41, 5.74) is 0. The van der Waals surface area contributed by atoms with Crippen LogP contribution in [0.1, 0.15) is 104 Å². The maximum absolute atomic E-state index is 12.9. The molecule has 3 aliphatic rings. The Balaban J connectivity index is 1.62. The molecule has 3 rings (SSSR count). The third kappa shape index (κ3) is 16.6. The summed E-state index contributed by atoms with van der Waals surface area (Å²) >= 11 is 0. The normalized spacial score (nSPS) is 35.8. The second-order valence-corrected chi connectivity index (χ2v) is 16.2. The second-order valence-electron chi connectivity index (χ2n) is 16.2. The van der Waals surface area contributed by atoms with Crippen LogP contribution in [0.15, 0.2) is 24.3 Å². The van der Waals surface area contributed by atoms with Gasteiger partial charge in [0, 0.05) is 6.42 Å². The predicted octanol–water partition coefficient (Wildman–Crippen LogP) is -1.09. The number of carbonyl (C=O) groups is 1. The lowest BCUT2D eigenvalue weighted by molar-refractivity contribution is -0.379. The minimum Gasteiger partial charge on any atom is -0.394 e. The Morgan fingerprint density at radius 1 is 0.574 bits per heavy atom. The van der Waals surface area contributed by atoms with E-state index in [1.165, 1.54) is 25.7 Å². The standard InChI is InChI=1S/C42H75NO18/c1-3-5-7-9-10-11-12-13-14-16-17-19-26(47)25(43-30(48)20-18-15-8-6-4-2)24-56-40-36(54)33(51)38(28(22-45)58-40)61-42-37(55)34(52)39(29(23-46)59-42)60-41-35(53)32(50)31(49)27(21-44)57-41/h12-13,17,19,25-29,31-42,44-47,49-55H,3-11,14-16,18,20-24H2,1-2H3,(H,43,48)/b13-12+,19-17+. The highest BCUT2D eigenvalue weighted by atomic mass is 16.8. The molecule has 0 aromatic heterocycles. The van der Waals surface area contributed by atoms with Crippen molar-refractivity contribution in [2.45, 2.75) is 208 Å². The number of amides is 1. The van der Waals surface area contributed by atoms with Crippen molar-refractivity contribution >= 4 is 5.91 Å². The van der Waals surface area contributed by atoms with Gasteiger partial charge in [0.05, 0.1) is 38.6 Å². The van der Waals surface area contributed by atoms with Gasteiger partial charge in [-0.1, -0.05) is 89.5 Å². The number of aliphatic hydroxyl groups excluding tert-OH is 11. The van der Waals surface area contributed by atoms with Crippen LogP contribution in [-0.2, 0) is 33.2 Å². The molecule has 3 aliphatic heterocycles. The molecule has 12 N–H and O–H groups in total. The van der Waals surface area contributed by atoms with Crippen molar-refractivity contribution in [2.24, 2.45) is 0 Å². The molecule has 19 heteroatoms. The Hall–Kier alpha value is -1.73. The fourth-order valence-electron chi connectivity index (χ4n) is 7.44. The minimum absolute atomic E-state index is 0.230. The lowest BCUT2D eigenvalue weighted by Gasteiger charge is -2.48. The molecule has 17 atom stereocenters. The molecule has 0 radical (unpaired) electrons. The highest BCUT2D eigenvalue weighted by Crippen LogP contribution is 2.33. The number of nitrogens with one attached hydrogen (secondary N) is 1. The third-order valence-corrected chi connectivity index (χ3v) is 11.3. The quantitative estimate of drug-likeness (QED) is 0.0328. The number of rotatable bonds is 28. The van der Waals surface area contributed by atoms with E-state index in [0.29, 0.717) is 12.8 Å². The van der Waals surface area contributed by atoms with Crippen molar-refractivity contribution in [2.75, 3.05) is 26.4 Å². The summed E-state index contributed by atoms with van der Waals surface area (Å²) in [5.74, 6) is -0.304. The number of allylic oxidation sites excluding steroid dienone is 3. The van der Waals surface area contributed by atoms with Gasteiger partial charge in [-0.05, 0) is 32.1 Å². The number of hydrogen-bond donors (Lipinski definition) is 12. The summed E-state index contributed by atoms with van der Waals surface area (Å²) in [5, 5.41) is 119. The molecule has 0 aromatic carbocycles. The summed E-state index contributed by atoms with van der Waals surface area (Å²) in [4.78, 5) is 12.9. The van der Waals surface area contributed by atoms with Gasteiger partial charge in [0.15, 0.2) is 18.9 Å². The molecular formula is C42H75NO18. The average molecular weight is 882 g/mol. The number of aliphatic hydroxyl groups is 11. The van der Waals surface area contributed by atoms with Gasteiger partial charge in [-0.25, -0.2) is 0 Å². The summed E-state index contributed by atoms with van der Waals surface area (Å²) in [6, 6.07) is -0.978. The van der Waals surface area contributed by atoms with Gasteiger partial charge >= 0.3 is 0 Å². The largest absolute Gasteiger partial charge is 0.394 e. The Morgan fingerprint density at radius 2 is 1.05 bits per heavy atom. The fourth-order valence-corrected chi connectivity index (χ4v) is 7.44. The zero-order valence-corrected chi connectivity index (χ0v) is 35.6. The van der Waals surface area contributed by atoms with Crippen LogP contribution < -0.4 is 5.32 Å². The van der Waals surface area contributed by atoms with E-state index in [1.807, 2.05) is 6.08 Å². The van der Waals surface area contributed by atoms with Crippen LogP contribution in [0.25, 0.3) is 0 Å². The molecule has 61 heavy (non-hydrogen) atoms. The van der Waals surface area contributed by atoms with Gasteiger partial charge in [0.2, 0.25) is 5.91 Å². The molecule has 3 saturated heterocycles. The average Bonchev–Trinajstić information content (AvgIpc) is 3.25. The first-order valence-electron chi connectivity index (χ1n) is 22.1. The van der Waals surface area contributed by atoms with Crippen molar-refractivity contribution < 1.29 is 89.4 Å². The first-order valence-corrected chi connectivity index (χ1v) is 22.1. The SMILES string of the molecule is CCCCCCC/C=C/CC/C=C/C(O)C(COC1OC(CO)C(OC2OC(CO)C(OC3OC(CO)C(O)C(O)C3O)C(O)C2O)C(O)C1O)NC(=O)CCCCCCC. The summed E-state index contributed by atoms with van der Waals surface area (Å²) in [6.45, 7) is 1.49. The molecule has 0 saturated carbocycles. The maximum Gasteiger partial charge on any atom is 0.220 e. The molecule has 3 fully saturated rings. The molecule has 19 nitrogen and oxygen atoms in total. The van der Waals surface area contributed by atoms with E-state index < -0.39 is 124 Å². The maximum atomic E-state index is 12.9. The zero-order chi connectivity index (χ0) is 44.9. The van der Waals surface area contributed by atoms with Crippen LogP contribution in [0.3, 0.4) is 0 Å². The zero-order valence-electron chi connectivity index (χ0n) is 35.6. The van der Waals surface area contributed by atoms with E-state index in [2.05, 4.69) is 31.3 Å². The van der Waals surface area contributed by atoms with Crippen molar-refractivity contribution in [1.29, 1.82) is 0 Å². The molecular weight excluding hydrogens is 806 g/mol. The highest BCUT2D eigenvalue weighted by molar-refractivity contribution is 5.76. The Labute approximate surface area is 358 Å². The first-order chi connectivity index (χ1) is 29.3. The highest BCUT2D eigenvalue weighted by Gasteiger charge is 2.53. The Kier molecular flexibility index (Phi) is 25.4. The fraction of sp³-hybridized carbons (Fsp3) is 0.881. The van der Waals surface area contributed by atoms with Crippen molar-refractivity contribution in [3.8, 4) is 0 Å². The lowest BCUT2D eigenvalue weighted by Crippen LogP contribution is -2.66. The van der Waals surface area contributed by atoms with Crippen LogP contribution in [-0.4, -0.2) is 193 Å². The number of carbonyl (C=O) groups excluding carboxylic acids is 1. The molecule has 0 aliphatic carbocycles. The van der Waals surface area contributed by atoms with Crippen molar-refractivity contribution in [1.82, 2.24) is 5.32 Å². The van der Waals surface area contributed by atoms with Crippen LogP contribution in [0.4, 0.5) is 0 Å². The van der Waals surface area contributed by atoms with Crippen molar-refractivity contribution in [3.63, 3.8) is 0 Å². The molecule has 0 spiro atoms. The predicted molar refractivity (Wildman–Crippen MR) is 217 cm³/mol. The van der Waals surface area contributed by atoms with E-state index >= 15 is 0 Å². The van der Waals surface area contributed by atoms with Crippen LogP contribution in [0, 0.1) is 0 Å². The molecule has 17 unspecified atom stereocenters. The van der Waals surface area contributed by atoms with Gasteiger partial charge in [0.1, 0.15) is 73.2 Å². The topological polar surface area (TPSA) is 307 Å². The van der Waals surface area contributed by atoms with E-state index in [9.17, 15) is 61.0 Å². The Bertz CT molecular complexity index is 1240. The smallest absolute Gasteiger partial charge is 0.220 e. The second kappa shape index (κ2) is 28.9. The van der Waals surface area contributed by atoms with Gasteiger partial charge < -0.3 is 89.9 Å². The molecule has 3 heterocycles. The monoisotopic (exact) mass is 881 g/mol. The van der Waals surface area contributed by atoms with Gasteiger partial charge in [-0.2, -0.15) is 0 Å². The van der Waals surface area contributed by atoms with Gasteiger partial charge in [-0.3, -0.25) is 4.79 Å². The Morgan fingerprint density at radius 3 is 1.62 bits per heavy atom. The van der Waals surface area contributed by atoms with Crippen molar-refractivity contribution in [3.05, 3.63) is 24.3 Å². The van der Waals surface area contributed by atoms with Gasteiger partial charge in [0.25, 0.3) is 0 Å². The number of unbranched alkanes of at least 4 members (excludes halogenated alkanes) is 10. The molecule has 0 aromatic rings. The third-order valence-electron chi connectivity index (χ3n) is 11.3. The van der Waals surface area contributed by atoms with E-state index in [0.717, 1.165) is 44.9 Å². The van der Waals surface area contributed by atoms with E-state index in [4.69, 9.17) is 28.4 Å². The number of ether oxygens (including phenoxy) is 6. The minimum atomic E-state index is -1.97.